The van der Waals surface area contributed by atoms with Gasteiger partial charge >= 0.3 is 0 Å². The zero-order valence-electron chi connectivity index (χ0n) is 16.2. The van der Waals surface area contributed by atoms with Gasteiger partial charge in [-0.3, -0.25) is 14.9 Å². The first-order valence-corrected chi connectivity index (χ1v) is 10.4. The van der Waals surface area contributed by atoms with Crippen LogP contribution in [0.1, 0.15) is 45.4 Å². The van der Waals surface area contributed by atoms with Gasteiger partial charge in [0.2, 0.25) is 16.9 Å². The first kappa shape index (κ1) is 20.3. The fraction of sp³-hybridized carbons (Fsp3) is 0.500. The number of amides is 2. The van der Waals surface area contributed by atoms with Gasteiger partial charge in [-0.2, -0.15) is 0 Å². The minimum absolute atomic E-state index is 0.0780. The maximum Gasteiger partial charge on any atom is 0.248 e. The van der Waals surface area contributed by atoms with E-state index in [4.69, 9.17) is 4.74 Å². The highest BCUT2D eigenvalue weighted by Crippen LogP contribution is 2.29. The van der Waals surface area contributed by atoms with Crippen LogP contribution in [0.2, 0.25) is 0 Å². The molecule has 1 atom stereocenters. The number of carbonyl (C=O) groups excluding carboxylic acids is 2. The quantitative estimate of drug-likeness (QED) is 0.703. The SMILES string of the molecule is COc1ccc(-c2nnc(NC(=O)[C@H](C)NC(=O)CCC3CCCC3)s2)cc1. The van der Waals surface area contributed by atoms with Crippen molar-refractivity contribution in [3.63, 3.8) is 0 Å². The van der Waals surface area contributed by atoms with Crippen LogP contribution in [-0.4, -0.2) is 35.2 Å². The summed E-state index contributed by atoms with van der Waals surface area (Å²) < 4.78 is 5.14. The topological polar surface area (TPSA) is 93.2 Å². The standard InChI is InChI=1S/C20H26N4O3S/c1-13(21-17(25)12-7-14-5-3-4-6-14)18(26)22-20-24-23-19(28-20)15-8-10-16(27-2)11-9-15/h8-11,13-14H,3-7,12H2,1-2H3,(H,21,25)(H,22,24,26)/t13-/m0/s1. The summed E-state index contributed by atoms with van der Waals surface area (Å²) in [5.41, 5.74) is 0.895. The third-order valence-electron chi connectivity index (χ3n) is 5.02. The Hall–Kier alpha value is -2.48. The summed E-state index contributed by atoms with van der Waals surface area (Å²) in [6.45, 7) is 1.67. The van der Waals surface area contributed by atoms with Crippen molar-refractivity contribution in [2.45, 2.75) is 51.5 Å². The van der Waals surface area contributed by atoms with E-state index in [1.165, 1.54) is 37.0 Å². The Morgan fingerprint density at radius 2 is 1.93 bits per heavy atom. The van der Waals surface area contributed by atoms with E-state index < -0.39 is 6.04 Å². The van der Waals surface area contributed by atoms with Gasteiger partial charge in [0.15, 0.2) is 0 Å². The Morgan fingerprint density at radius 1 is 1.21 bits per heavy atom. The largest absolute Gasteiger partial charge is 0.497 e. The van der Waals surface area contributed by atoms with E-state index in [1.807, 2.05) is 24.3 Å². The number of methoxy groups -OCH3 is 1. The second-order valence-electron chi connectivity index (χ2n) is 7.11. The van der Waals surface area contributed by atoms with Crippen LogP contribution in [0.3, 0.4) is 0 Å². The van der Waals surface area contributed by atoms with Crippen molar-refractivity contribution in [2.75, 3.05) is 12.4 Å². The molecule has 0 bridgehead atoms. The number of nitrogens with zero attached hydrogens (tertiary/aromatic N) is 2. The van der Waals surface area contributed by atoms with E-state index in [1.54, 1.807) is 14.0 Å². The Bertz CT molecular complexity index is 800. The number of hydrogen-bond acceptors (Lipinski definition) is 6. The van der Waals surface area contributed by atoms with Crippen molar-refractivity contribution in [1.82, 2.24) is 15.5 Å². The average Bonchev–Trinajstić information content (AvgIpc) is 3.38. The molecule has 0 saturated heterocycles. The molecule has 2 amide bonds. The summed E-state index contributed by atoms with van der Waals surface area (Å²) in [4.78, 5) is 24.4. The molecular weight excluding hydrogens is 376 g/mol. The van der Waals surface area contributed by atoms with Crippen molar-refractivity contribution < 1.29 is 14.3 Å². The number of nitrogens with one attached hydrogen (secondary N) is 2. The van der Waals surface area contributed by atoms with Crippen molar-refractivity contribution >= 4 is 28.3 Å². The van der Waals surface area contributed by atoms with Gasteiger partial charge in [0, 0.05) is 12.0 Å². The maximum absolute atomic E-state index is 12.3. The van der Waals surface area contributed by atoms with Crippen LogP contribution >= 0.6 is 11.3 Å². The molecule has 0 radical (unpaired) electrons. The molecule has 3 rings (SSSR count). The number of benzene rings is 1. The fourth-order valence-corrected chi connectivity index (χ4v) is 4.10. The lowest BCUT2D eigenvalue weighted by Crippen LogP contribution is -2.41. The lowest BCUT2D eigenvalue weighted by atomic mass is 10.0. The smallest absolute Gasteiger partial charge is 0.248 e. The van der Waals surface area contributed by atoms with Gasteiger partial charge in [-0.15, -0.1) is 10.2 Å². The Kier molecular flexibility index (Phi) is 6.97. The van der Waals surface area contributed by atoms with E-state index in [0.29, 0.717) is 22.5 Å². The monoisotopic (exact) mass is 402 g/mol. The van der Waals surface area contributed by atoms with Crippen LogP contribution in [-0.2, 0) is 9.59 Å². The van der Waals surface area contributed by atoms with E-state index in [9.17, 15) is 9.59 Å². The van der Waals surface area contributed by atoms with Gasteiger partial charge in [-0.25, -0.2) is 0 Å². The summed E-state index contributed by atoms with van der Waals surface area (Å²) in [6, 6.07) is 6.84. The minimum atomic E-state index is -0.621. The van der Waals surface area contributed by atoms with Gasteiger partial charge in [-0.05, 0) is 43.5 Å². The molecule has 1 heterocycles. The van der Waals surface area contributed by atoms with E-state index in [0.717, 1.165) is 17.7 Å². The number of aromatic nitrogens is 2. The first-order valence-electron chi connectivity index (χ1n) is 9.63. The van der Waals surface area contributed by atoms with Crippen molar-refractivity contribution in [3.8, 4) is 16.3 Å². The lowest BCUT2D eigenvalue weighted by Gasteiger charge is -2.14. The molecular formula is C20H26N4O3S. The molecule has 1 fully saturated rings. The van der Waals surface area contributed by atoms with Gasteiger partial charge in [0.05, 0.1) is 7.11 Å². The molecule has 2 N–H and O–H groups in total. The van der Waals surface area contributed by atoms with Crippen LogP contribution in [0, 0.1) is 5.92 Å². The Labute approximate surface area is 168 Å². The zero-order valence-corrected chi connectivity index (χ0v) is 17.1. The molecule has 0 aliphatic heterocycles. The first-order chi connectivity index (χ1) is 13.5. The highest BCUT2D eigenvalue weighted by Gasteiger charge is 2.20. The van der Waals surface area contributed by atoms with Crippen molar-refractivity contribution in [1.29, 1.82) is 0 Å². The van der Waals surface area contributed by atoms with Gasteiger partial charge in [0.25, 0.3) is 0 Å². The lowest BCUT2D eigenvalue weighted by molar-refractivity contribution is -0.126. The Balaban J connectivity index is 1.48. The molecule has 1 aromatic heterocycles. The molecule has 0 unspecified atom stereocenters. The molecule has 1 aliphatic rings. The summed E-state index contributed by atoms with van der Waals surface area (Å²) >= 11 is 1.28. The number of rotatable bonds is 8. The normalized spacial score (nSPS) is 15.2. The minimum Gasteiger partial charge on any atom is -0.497 e. The Morgan fingerprint density at radius 3 is 2.61 bits per heavy atom. The number of ether oxygens (including phenoxy) is 1. The average molecular weight is 403 g/mol. The van der Waals surface area contributed by atoms with Crippen LogP contribution < -0.4 is 15.4 Å². The summed E-state index contributed by atoms with van der Waals surface area (Å²) in [5.74, 6) is 1.05. The third-order valence-corrected chi connectivity index (χ3v) is 5.91. The van der Waals surface area contributed by atoms with Crippen LogP contribution in [0.4, 0.5) is 5.13 Å². The molecule has 0 spiro atoms. The predicted molar refractivity (Wildman–Crippen MR) is 109 cm³/mol. The fourth-order valence-electron chi connectivity index (χ4n) is 3.35. The molecule has 7 nitrogen and oxygen atoms in total. The van der Waals surface area contributed by atoms with Crippen LogP contribution in [0.25, 0.3) is 10.6 Å². The maximum atomic E-state index is 12.3. The molecule has 8 heteroatoms. The van der Waals surface area contributed by atoms with Gasteiger partial charge in [0.1, 0.15) is 16.8 Å². The second-order valence-corrected chi connectivity index (χ2v) is 8.09. The summed E-state index contributed by atoms with van der Waals surface area (Å²) in [5, 5.41) is 14.7. The van der Waals surface area contributed by atoms with Crippen molar-refractivity contribution in [2.24, 2.45) is 5.92 Å². The number of hydrogen-bond donors (Lipinski definition) is 2. The highest BCUT2D eigenvalue weighted by molar-refractivity contribution is 7.18. The zero-order chi connectivity index (χ0) is 19.9. The number of carbonyl (C=O) groups is 2. The predicted octanol–water partition coefficient (Wildman–Crippen LogP) is 3.63. The number of anilines is 1. The molecule has 1 saturated carbocycles. The van der Waals surface area contributed by atoms with Crippen LogP contribution in [0.15, 0.2) is 24.3 Å². The molecule has 28 heavy (non-hydrogen) atoms. The van der Waals surface area contributed by atoms with Crippen molar-refractivity contribution in [3.05, 3.63) is 24.3 Å². The molecule has 150 valence electrons. The molecule has 1 aromatic carbocycles. The summed E-state index contributed by atoms with van der Waals surface area (Å²) in [6.07, 6.45) is 6.36. The van der Waals surface area contributed by atoms with E-state index in [-0.39, 0.29) is 11.8 Å². The summed E-state index contributed by atoms with van der Waals surface area (Å²) in [7, 11) is 1.61. The van der Waals surface area contributed by atoms with E-state index in [2.05, 4.69) is 20.8 Å². The van der Waals surface area contributed by atoms with E-state index >= 15 is 0 Å². The van der Waals surface area contributed by atoms with Gasteiger partial charge in [-0.1, -0.05) is 37.0 Å². The second kappa shape index (κ2) is 9.64. The van der Waals surface area contributed by atoms with Crippen LogP contribution in [0.5, 0.6) is 5.75 Å². The van der Waals surface area contributed by atoms with Gasteiger partial charge < -0.3 is 10.1 Å². The third kappa shape index (κ3) is 5.51. The molecule has 1 aliphatic carbocycles. The highest BCUT2D eigenvalue weighted by atomic mass is 32.1. The molecule has 2 aromatic rings.